The Hall–Kier alpha value is -3.86. The molecule has 7 nitrogen and oxygen atoms in total. The van der Waals surface area contributed by atoms with Gasteiger partial charge in [0.1, 0.15) is 34.7 Å². The summed E-state index contributed by atoms with van der Waals surface area (Å²) < 4.78 is 21.9. The molecule has 1 aliphatic rings. The van der Waals surface area contributed by atoms with Gasteiger partial charge in [0.05, 0.1) is 18.7 Å². The summed E-state index contributed by atoms with van der Waals surface area (Å²) in [6, 6.07) is 12.2. The molecule has 1 aromatic heterocycles. The van der Waals surface area contributed by atoms with Crippen LogP contribution in [0.1, 0.15) is 58.8 Å². The maximum absolute atomic E-state index is 14.9. The first-order valence-corrected chi connectivity index (χ1v) is 10.9. The van der Waals surface area contributed by atoms with E-state index in [9.17, 15) is 14.4 Å². The number of rotatable bonds is 6. The van der Waals surface area contributed by atoms with Crippen LogP contribution in [0.25, 0.3) is 11.3 Å². The molecule has 3 aromatic rings. The van der Waals surface area contributed by atoms with Crippen molar-refractivity contribution in [2.75, 3.05) is 12.8 Å². The first-order chi connectivity index (χ1) is 15.9. The van der Waals surface area contributed by atoms with Crippen molar-refractivity contribution in [1.29, 1.82) is 5.26 Å². The van der Waals surface area contributed by atoms with Crippen molar-refractivity contribution in [1.82, 2.24) is 15.1 Å². The van der Waals surface area contributed by atoms with E-state index >= 15 is 0 Å². The van der Waals surface area contributed by atoms with E-state index in [4.69, 9.17) is 10.5 Å². The number of hydrogen-bond acceptors (Lipinski definition) is 5. The molecule has 33 heavy (non-hydrogen) atoms. The second-order valence-electron chi connectivity index (χ2n) is 8.30. The third-order valence-electron chi connectivity index (χ3n) is 6.10. The molecule has 1 aliphatic carbocycles. The number of nitrogens with one attached hydrogen (secondary N) is 1. The highest BCUT2D eigenvalue weighted by atomic mass is 19.1. The highest BCUT2D eigenvalue weighted by Crippen LogP contribution is 2.35. The minimum atomic E-state index is -0.498. The third kappa shape index (κ3) is 4.40. The Morgan fingerprint density at radius 1 is 1.30 bits per heavy atom. The van der Waals surface area contributed by atoms with Crippen LogP contribution in [-0.2, 0) is 6.54 Å². The van der Waals surface area contributed by atoms with Gasteiger partial charge in [0.2, 0.25) is 0 Å². The molecule has 0 unspecified atom stereocenters. The summed E-state index contributed by atoms with van der Waals surface area (Å²) in [5.41, 5.74) is 8.93. The maximum Gasteiger partial charge on any atom is 0.255 e. The van der Waals surface area contributed by atoms with Gasteiger partial charge in [-0.15, -0.1) is 0 Å². The average Bonchev–Trinajstić information content (AvgIpc) is 3.45. The van der Waals surface area contributed by atoms with Gasteiger partial charge < -0.3 is 15.8 Å². The number of anilines is 1. The number of methoxy groups -OCH3 is 1. The molecule has 4 rings (SSSR count). The molecule has 1 heterocycles. The van der Waals surface area contributed by atoms with Crippen LogP contribution in [-0.4, -0.2) is 22.8 Å². The lowest BCUT2D eigenvalue weighted by molar-refractivity contribution is 0.0947. The van der Waals surface area contributed by atoms with Crippen LogP contribution in [0.15, 0.2) is 36.4 Å². The van der Waals surface area contributed by atoms with Crippen LogP contribution >= 0.6 is 0 Å². The van der Waals surface area contributed by atoms with Crippen LogP contribution < -0.4 is 15.8 Å². The fourth-order valence-electron chi connectivity index (χ4n) is 4.29. The van der Waals surface area contributed by atoms with E-state index in [1.165, 1.54) is 13.2 Å². The molecule has 0 aliphatic heterocycles. The molecular weight excluding hydrogens is 421 g/mol. The smallest absolute Gasteiger partial charge is 0.255 e. The lowest BCUT2D eigenvalue weighted by atomic mass is 10.0. The zero-order chi connectivity index (χ0) is 23.5. The molecule has 0 radical (unpaired) electrons. The second-order valence-corrected chi connectivity index (χ2v) is 8.30. The van der Waals surface area contributed by atoms with E-state index in [-0.39, 0.29) is 24.1 Å². The number of nitriles is 1. The number of halogens is 1. The van der Waals surface area contributed by atoms with Gasteiger partial charge in [0, 0.05) is 17.7 Å². The lowest BCUT2D eigenvalue weighted by Gasteiger charge is -2.11. The molecule has 170 valence electrons. The minimum Gasteiger partial charge on any atom is -0.496 e. The van der Waals surface area contributed by atoms with Gasteiger partial charge in [-0.05, 0) is 38.0 Å². The number of benzene rings is 2. The van der Waals surface area contributed by atoms with Crippen LogP contribution in [0.5, 0.6) is 5.75 Å². The Morgan fingerprint density at radius 3 is 2.73 bits per heavy atom. The van der Waals surface area contributed by atoms with E-state index in [0.29, 0.717) is 34.0 Å². The summed E-state index contributed by atoms with van der Waals surface area (Å²) in [5.74, 6) is -0.0765. The highest BCUT2D eigenvalue weighted by molar-refractivity contribution is 5.97. The largest absolute Gasteiger partial charge is 0.496 e. The minimum absolute atomic E-state index is 0.00576. The van der Waals surface area contributed by atoms with Gasteiger partial charge in [0.25, 0.3) is 5.91 Å². The quantitative estimate of drug-likeness (QED) is 0.578. The summed E-state index contributed by atoms with van der Waals surface area (Å²) >= 11 is 0. The van der Waals surface area contributed by atoms with Crippen molar-refractivity contribution in [3.8, 4) is 23.1 Å². The summed E-state index contributed by atoms with van der Waals surface area (Å²) in [5, 5.41) is 16.9. The number of amides is 1. The van der Waals surface area contributed by atoms with Gasteiger partial charge in [0.15, 0.2) is 0 Å². The van der Waals surface area contributed by atoms with Crippen LogP contribution in [0.3, 0.4) is 0 Å². The number of nitrogen functional groups attached to an aromatic ring is 1. The standard InChI is InChI=1S/C25H26FN5O2/c1-15-7-10-22(33-2)19(11-15)25(32)29-14-17-9-8-16(12-21(17)26)23-20(13-27)24(28)31(30-23)18-5-3-4-6-18/h7-12,18H,3-6,14,28H2,1-2H3,(H,29,32). The van der Waals surface area contributed by atoms with Crippen molar-refractivity contribution in [2.45, 2.75) is 45.2 Å². The van der Waals surface area contributed by atoms with Gasteiger partial charge >= 0.3 is 0 Å². The molecule has 0 spiro atoms. The normalized spacial score (nSPS) is 13.6. The SMILES string of the molecule is COc1ccc(C)cc1C(=O)NCc1ccc(-c2nn(C3CCCC3)c(N)c2C#N)cc1F. The number of nitrogens with zero attached hydrogens (tertiary/aromatic N) is 3. The molecule has 8 heteroatoms. The fraction of sp³-hybridized carbons (Fsp3) is 0.320. The molecule has 1 saturated carbocycles. The summed E-state index contributed by atoms with van der Waals surface area (Å²) in [4.78, 5) is 12.6. The maximum atomic E-state index is 14.9. The number of nitrogens with two attached hydrogens (primary N) is 1. The average molecular weight is 448 g/mol. The van der Waals surface area contributed by atoms with Gasteiger partial charge in [-0.1, -0.05) is 36.6 Å². The summed E-state index contributed by atoms with van der Waals surface area (Å²) in [6.07, 6.45) is 4.14. The van der Waals surface area contributed by atoms with Gasteiger partial charge in [-0.3, -0.25) is 4.79 Å². The first-order valence-electron chi connectivity index (χ1n) is 10.9. The number of carbonyl (C=O) groups is 1. The molecule has 0 atom stereocenters. The van der Waals surface area contributed by atoms with E-state index in [0.717, 1.165) is 31.2 Å². The van der Waals surface area contributed by atoms with E-state index in [1.54, 1.807) is 28.9 Å². The number of ether oxygens (including phenoxy) is 1. The zero-order valence-corrected chi connectivity index (χ0v) is 18.7. The predicted molar refractivity (Wildman–Crippen MR) is 123 cm³/mol. The molecular formula is C25H26FN5O2. The number of carbonyl (C=O) groups excluding carboxylic acids is 1. The summed E-state index contributed by atoms with van der Waals surface area (Å²) in [7, 11) is 1.50. The van der Waals surface area contributed by atoms with Gasteiger partial charge in [-0.2, -0.15) is 10.4 Å². The van der Waals surface area contributed by atoms with E-state index < -0.39 is 5.82 Å². The Bertz CT molecular complexity index is 1240. The third-order valence-corrected chi connectivity index (χ3v) is 6.10. The van der Waals surface area contributed by atoms with Crippen molar-refractivity contribution in [3.05, 3.63) is 64.5 Å². The Balaban J connectivity index is 1.55. The van der Waals surface area contributed by atoms with Crippen molar-refractivity contribution >= 4 is 11.7 Å². The second kappa shape index (κ2) is 9.33. The fourth-order valence-corrected chi connectivity index (χ4v) is 4.29. The Kier molecular flexibility index (Phi) is 6.31. The van der Waals surface area contributed by atoms with Crippen LogP contribution in [0, 0.1) is 24.1 Å². The number of aryl methyl sites for hydroxylation is 1. The number of aromatic nitrogens is 2. The molecule has 0 bridgehead atoms. The lowest BCUT2D eigenvalue weighted by Crippen LogP contribution is -2.24. The molecule has 2 aromatic carbocycles. The molecule has 3 N–H and O–H groups in total. The van der Waals surface area contributed by atoms with E-state index in [1.807, 2.05) is 13.0 Å². The monoisotopic (exact) mass is 447 g/mol. The zero-order valence-electron chi connectivity index (χ0n) is 18.7. The number of hydrogen-bond donors (Lipinski definition) is 2. The van der Waals surface area contributed by atoms with E-state index in [2.05, 4.69) is 16.5 Å². The Morgan fingerprint density at radius 2 is 2.06 bits per heavy atom. The topological polar surface area (TPSA) is 106 Å². The molecule has 1 fully saturated rings. The molecule has 1 amide bonds. The van der Waals surface area contributed by atoms with Crippen molar-refractivity contribution in [3.63, 3.8) is 0 Å². The highest BCUT2D eigenvalue weighted by Gasteiger charge is 2.25. The first kappa shape index (κ1) is 22.3. The predicted octanol–water partition coefficient (Wildman–Crippen LogP) is 4.51. The van der Waals surface area contributed by atoms with Crippen LogP contribution in [0.4, 0.5) is 10.2 Å². The summed E-state index contributed by atoms with van der Waals surface area (Å²) in [6.45, 7) is 1.89. The molecule has 0 saturated heterocycles. The van der Waals surface area contributed by atoms with Crippen LogP contribution in [0.2, 0.25) is 0 Å². The van der Waals surface area contributed by atoms with Gasteiger partial charge in [-0.25, -0.2) is 9.07 Å². The van der Waals surface area contributed by atoms with Crippen molar-refractivity contribution < 1.29 is 13.9 Å². The Labute approximate surface area is 192 Å². The van der Waals surface area contributed by atoms with Crippen molar-refractivity contribution in [2.24, 2.45) is 0 Å².